The summed E-state index contributed by atoms with van der Waals surface area (Å²) in [5.74, 6) is 0. The first-order valence-corrected chi connectivity index (χ1v) is 5.80. The number of epoxide rings is 2. The van der Waals surface area contributed by atoms with E-state index >= 15 is 0 Å². The summed E-state index contributed by atoms with van der Waals surface area (Å²) in [6, 6.07) is 10.2. The van der Waals surface area contributed by atoms with Crippen LogP contribution in [0, 0.1) is 0 Å². The van der Waals surface area contributed by atoms with E-state index in [0.717, 1.165) is 13.0 Å². The minimum absolute atomic E-state index is 0.299. The van der Waals surface area contributed by atoms with E-state index in [1.807, 2.05) is 18.2 Å². The van der Waals surface area contributed by atoms with Gasteiger partial charge in [0, 0.05) is 6.42 Å². The van der Waals surface area contributed by atoms with Crippen LogP contribution in [0.5, 0.6) is 0 Å². The van der Waals surface area contributed by atoms with Crippen molar-refractivity contribution in [2.45, 2.75) is 31.3 Å². The fourth-order valence-electron chi connectivity index (χ4n) is 1.86. The highest BCUT2D eigenvalue weighted by Gasteiger charge is 2.43. The Kier molecular flexibility index (Phi) is 2.91. The minimum Gasteiger partial charge on any atom is -0.374 e. The van der Waals surface area contributed by atoms with E-state index in [2.05, 4.69) is 12.1 Å². The van der Waals surface area contributed by atoms with Crippen molar-refractivity contribution in [2.75, 3.05) is 13.2 Å². The summed E-state index contributed by atoms with van der Waals surface area (Å²) >= 11 is 0. The molecule has 2 aliphatic rings. The number of ether oxygens (including phenoxy) is 3. The van der Waals surface area contributed by atoms with Crippen molar-refractivity contribution in [2.24, 2.45) is 0 Å². The Balaban J connectivity index is 1.32. The molecule has 86 valence electrons. The summed E-state index contributed by atoms with van der Waals surface area (Å²) in [6.45, 7) is 2.29. The summed E-state index contributed by atoms with van der Waals surface area (Å²) in [4.78, 5) is 0. The normalized spacial score (nSPS) is 31.4. The molecule has 3 nitrogen and oxygen atoms in total. The summed E-state index contributed by atoms with van der Waals surface area (Å²) in [5, 5.41) is 0. The molecule has 3 rings (SSSR count). The molecule has 1 aromatic carbocycles. The molecule has 0 radical (unpaired) electrons. The molecule has 0 unspecified atom stereocenters. The molecular formula is C13H16O3. The smallest absolute Gasteiger partial charge is 0.108 e. The van der Waals surface area contributed by atoms with Crippen LogP contribution in [0.15, 0.2) is 30.3 Å². The maximum atomic E-state index is 5.61. The van der Waals surface area contributed by atoms with E-state index in [1.165, 1.54) is 5.56 Å². The number of hydrogen-bond acceptors (Lipinski definition) is 3. The molecule has 0 amide bonds. The summed E-state index contributed by atoms with van der Waals surface area (Å²) in [6.07, 6.45) is 2.18. The maximum absolute atomic E-state index is 5.61. The van der Waals surface area contributed by atoms with E-state index in [4.69, 9.17) is 14.2 Å². The second kappa shape index (κ2) is 4.53. The molecule has 2 aliphatic heterocycles. The molecule has 2 saturated heterocycles. The second-order valence-corrected chi connectivity index (χ2v) is 4.40. The second-order valence-electron chi connectivity index (χ2n) is 4.40. The first-order valence-electron chi connectivity index (χ1n) is 5.80. The van der Waals surface area contributed by atoms with E-state index in [0.29, 0.717) is 31.5 Å². The Hall–Kier alpha value is -0.900. The van der Waals surface area contributed by atoms with Crippen molar-refractivity contribution in [3.05, 3.63) is 35.9 Å². The Labute approximate surface area is 95.3 Å². The fourth-order valence-corrected chi connectivity index (χ4v) is 1.86. The first-order chi connectivity index (χ1) is 7.92. The summed E-state index contributed by atoms with van der Waals surface area (Å²) in [7, 11) is 0. The van der Waals surface area contributed by atoms with Crippen LogP contribution < -0.4 is 0 Å². The van der Waals surface area contributed by atoms with Gasteiger partial charge in [-0.1, -0.05) is 30.3 Å². The van der Waals surface area contributed by atoms with Crippen molar-refractivity contribution in [1.82, 2.24) is 0 Å². The monoisotopic (exact) mass is 220 g/mol. The van der Waals surface area contributed by atoms with Gasteiger partial charge in [0.2, 0.25) is 0 Å². The van der Waals surface area contributed by atoms with Gasteiger partial charge in [-0.3, -0.25) is 0 Å². The van der Waals surface area contributed by atoms with E-state index in [1.54, 1.807) is 0 Å². The lowest BCUT2D eigenvalue weighted by Crippen LogP contribution is -2.06. The Bertz CT molecular complexity index is 334. The third kappa shape index (κ3) is 2.82. The Morgan fingerprint density at radius 3 is 2.75 bits per heavy atom. The van der Waals surface area contributed by atoms with E-state index in [-0.39, 0.29) is 0 Å². The molecule has 0 bridgehead atoms. The molecule has 0 N–H and O–H groups in total. The zero-order valence-electron chi connectivity index (χ0n) is 9.17. The molecule has 1 aromatic rings. The lowest BCUT2D eigenvalue weighted by molar-refractivity contribution is 0.104. The van der Waals surface area contributed by atoms with Crippen LogP contribution in [0.25, 0.3) is 0 Å². The van der Waals surface area contributed by atoms with Crippen LogP contribution in [-0.2, 0) is 20.8 Å². The van der Waals surface area contributed by atoms with Gasteiger partial charge in [-0.05, 0) is 5.56 Å². The first kappa shape index (κ1) is 10.3. The highest BCUT2D eigenvalue weighted by Crippen LogP contribution is 2.31. The molecule has 16 heavy (non-hydrogen) atoms. The average Bonchev–Trinajstić information content (AvgIpc) is 3.21. The summed E-state index contributed by atoms with van der Waals surface area (Å²) < 4.78 is 16.3. The van der Waals surface area contributed by atoms with Gasteiger partial charge in [-0.15, -0.1) is 0 Å². The number of benzene rings is 1. The molecule has 0 saturated carbocycles. The third-order valence-corrected chi connectivity index (χ3v) is 2.98. The predicted octanol–water partition coefficient (Wildman–Crippen LogP) is 1.76. The Morgan fingerprint density at radius 2 is 2.00 bits per heavy atom. The van der Waals surface area contributed by atoms with E-state index < -0.39 is 0 Å². The molecule has 3 atom stereocenters. The van der Waals surface area contributed by atoms with Gasteiger partial charge in [-0.2, -0.15) is 0 Å². The van der Waals surface area contributed by atoms with Crippen molar-refractivity contribution in [1.29, 1.82) is 0 Å². The molecule has 2 fully saturated rings. The average molecular weight is 220 g/mol. The topological polar surface area (TPSA) is 34.3 Å². The van der Waals surface area contributed by atoms with Crippen LogP contribution >= 0.6 is 0 Å². The number of hydrogen-bond donors (Lipinski definition) is 0. The largest absolute Gasteiger partial charge is 0.374 e. The minimum atomic E-state index is 0.299. The van der Waals surface area contributed by atoms with Gasteiger partial charge < -0.3 is 14.2 Å². The molecule has 2 heterocycles. The molecule has 0 spiro atoms. The lowest BCUT2D eigenvalue weighted by atomic mass is 10.2. The van der Waals surface area contributed by atoms with Crippen LogP contribution in [0.2, 0.25) is 0 Å². The summed E-state index contributed by atoms with van der Waals surface area (Å²) in [5.41, 5.74) is 1.21. The quantitative estimate of drug-likeness (QED) is 0.685. The van der Waals surface area contributed by atoms with Crippen LogP contribution in [-0.4, -0.2) is 31.5 Å². The standard InChI is InChI=1S/C13H16O3/c1-2-4-10(5-3-1)7-14-9-13-12(16-13)6-11-8-15-11/h1-5,11-13H,6-9H2/t11-,12-,13-/m1/s1. The van der Waals surface area contributed by atoms with Crippen molar-refractivity contribution in [3.8, 4) is 0 Å². The highest BCUT2D eigenvalue weighted by molar-refractivity contribution is 5.13. The third-order valence-electron chi connectivity index (χ3n) is 2.98. The van der Waals surface area contributed by atoms with Crippen molar-refractivity contribution in [3.63, 3.8) is 0 Å². The molecule has 3 heteroatoms. The highest BCUT2D eigenvalue weighted by atomic mass is 16.6. The van der Waals surface area contributed by atoms with Gasteiger partial charge >= 0.3 is 0 Å². The van der Waals surface area contributed by atoms with Gasteiger partial charge in [0.15, 0.2) is 0 Å². The zero-order chi connectivity index (χ0) is 10.8. The lowest BCUT2D eigenvalue weighted by Gasteiger charge is -2.01. The SMILES string of the molecule is c1ccc(COC[C@H]2O[C@@H]2C[C@@H]2CO2)cc1. The molecule has 0 aliphatic carbocycles. The molecule has 0 aromatic heterocycles. The van der Waals surface area contributed by atoms with Crippen molar-refractivity contribution < 1.29 is 14.2 Å². The van der Waals surface area contributed by atoms with E-state index in [9.17, 15) is 0 Å². The van der Waals surface area contributed by atoms with Gasteiger partial charge in [0.1, 0.15) is 6.10 Å². The van der Waals surface area contributed by atoms with Crippen LogP contribution in [0.3, 0.4) is 0 Å². The Morgan fingerprint density at radius 1 is 1.19 bits per heavy atom. The van der Waals surface area contributed by atoms with Crippen LogP contribution in [0.4, 0.5) is 0 Å². The number of rotatable bonds is 6. The predicted molar refractivity (Wildman–Crippen MR) is 59.1 cm³/mol. The fraction of sp³-hybridized carbons (Fsp3) is 0.538. The van der Waals surface area contributed by atoms with Gasteiger partial charge in [0.25, 0.3) is 0 Å². The molecular weight excluding hydrogens is 204 g/mol. The van der Waals surface area contributed by atoms with Gasteiger partial charge in [-0.25, -0.2) is 0 Å². The van der Waals surface area contributed by atoms with Crippen LogP contribution in [0.1, 0.15) is 12.0 Å². The van der Waals surface area contributed by atoms with Crippen molar-refractivity contribution >= 4 is 0 Å². The zero-order valence-corrected chi connectivity index (χ0v) is 9.17. The van der Waals surface area contributed by atoms with Gasteiger partial charge in [0.05, 0.1) is 32.0 Å². The maximum Gasteiger partial charge on any atom is 0.108 e.